The van der Waals surface area contributed by atoms with Crippen LogP contribution in [0.25, 0.3) is 0 Å². The van der Waals surface area contributed by atoms with Gasteiger partial charge in [-0.3, -0.25) is 14.4 Å². The number of benzene rings is 2. The standard InChI is InChI=1S/C23H23N3O3/c1-3-26(20-7-5-4-6-8-20)22(28)15-17-9-11-19(12-10-17)24-23(29)18-13-14-25(2)21(27)16-18/h4-14,16H,3,15H2,1-2H3,(H,24,29). The molecular formula is C23H23N3O3. The molecule has 1 aromatic heterocycles. The number of para-hydroxylation sites is 1. The third kappa shape index (κ3) is 4.99. The van der Waals surface area contributed by atoms with Crippen LogP contribution in [0.1, 0.15) is 22.8 Å². The zero-order valence-electron chi connectivity index (χ0n) is 16.5. The lowest BCUT2D eigenvalue weighted by molar-refractivity contribution is -0.117. The monoisotopic (exact) mass is 389 g/mol. The number of carbonyl (C=O) groups is 2. The molecule has 6 heteroatoms. The first kappa shape index (κ1) is 20.1. The van der Waals surface area contributed by atoms with Crippen molar-refractivity contribution in [2.24, 2.45) is 7.05 Å². The highest BCUT2D eigenvalue weighted by Crippen LogP contribution is 2.16. The Kier molecular flexibility index (Phi) is 6.24. The van der Waals surface area contributed by atoms with Gasteiger partial charge in [0, 0.05) is 42.8 Å². The van der Waals surface area contributed by atoms with Crippen molar-refractivity contribution in [3.63, 3.8) is 0 Å². The number of nitrogens with one attached hydrogen (secondary N) is 1. The molecule has 3 rings (SSSR count). The molecule has 0 saturated carbocycles. The minimum Gasteiger partial charge on any atom is -0.322 e. The Morgan fingerprint density at radius 3 is 2.31 bits per heavy atom. The number of nitrogens with zero attached hydrogens (tertiary/aromatic N) is 2. The second kappa shape index (κ2) is 9.01. The van der Waals surface area contributed by atoms with Crippen molar-refractivity contribution in [2.75, 3.05) is 16.8 Å². The van der Waals surface area contributed by atoms with Crippen LogP contribution in [0, 0.1) is 0 Å². The highest BCUT2D eigenvalue weighted by molar-refractivity contribution is 6.04. The molecule has 3 aromatic rings. The van der Waals surface area contributed by atoms with Crippen molar-refractivity contribution in [3.05, 3.63) is 94.4 Å². The Bertz CT molecular complexity index is 1060. The lowest BCUT2D eigenvalue weighted by Crippen LogP contribution is -2.31. The topological polar surface area (TPSA) is 71.4 Å². The fourth-order valence-corrected chi connectivity index (χ4v) is 2.98. The first-order chi connectivity index (χ1) is 14.0. The molecule has 0 bridgehead atoms. The van der Waals surface area contributed by atoms with Gasteiger partial charge in [-0.1, -0.05) is 30.3 Å². The van der Waals surface area contributed by atoms with Gasteiger partial charge >= 0.3 is 0 Å². The Morgan fingerprint density at radius 2 is 1.69 bits per heavy atom. The highest BCUT2D eigenvalue weighted by Gasteiger charge is 2.14. The summed E-state index contributed by atoms with van der Waals surface area (Å²) in [5.41, 5.74) is 2.38. The van der Waals surface area contributed by atoms with Crippen LogP contribution < -0.4 is 15.8 Å². The molecule has 0 spiro atoms. The fourth-order valence-electron chi connectivity index (χ4n) is 2.98. The summed E-state index contributed by atoms with van der Waals surface area (Å²) in [4.78, 5) is 38.4. The number of hydrogen-bond donors (Lipinski definition) is 1. The molecule has 2 amide bonds. The maximum absolute atomic E-state index is 12.7. The van der Waals surface area contributed by atoms with Gasteiger partial charge in [-0.25, -0.2) is 0 Å². The van der Waals surface area contributed by atoms with Crippen LogP contribution in [0.2, 0.25) is 0 Å². The van der Waals surface area contributed by atoms with Gasteiger partial charge in [0.2, 0.25) is 5.91 Å². The number of hydrogen-bond acceptors (Lipinski definition) is 3. The van der Waals surface area contributed by atoms with E-state index in [2.05, 4.69) is 5.32 Å². The molecule has 0 aliphatic heterocycles. The Hall–Kier alpha value is -3.67. The van der Waals surface area contributed by atoms with Crippen LogP contribution in [0.3, 0.4) is 0 Å². The molecule has 6 nitrogen and oxygen atoms in total. The average Bonchev–Trinajstić information content (AvgIpc) is 2.73. The number of likely N-dealkylation sites (N-methyl/N-ethyl adjacent to an activating group) is 1. The van der Waals surface area contributed by atoms with Crippen molar-refractivity contribution < 1.29 is 9.59 Å². The molecule has 1 N–H and O–H groups in total. The molecule has 0 aliphatic carbocycles. The van der Waals surface area contributed by atoms with E-state index in [0.29, 0.717) is 17.8 Å². The van der Waals surface area contributed by atoms with E-state index in [1.165, 1.54) is 10.6 Å². The van der Waals surface area contributed by atoms with Gasteiger partial charge in [0.05, 0.1) is 6.42 Å². The summed E-state index contributed by atoms with van der Waals surface area (Å²) in [6.07, 6.45) is 1.82. The normalized spacial score (nSPS) is 10.4. The molecule has 29 heavy (non-hydrogen) atoms. The van der Waals surface area contributed by atoms with Crippen molar-refractivity contribution in [3.8, 4) is 0 Å². The molecule has 0 fully saturated rings. The van der Waals surface area contributed by atoms with Gasteiger partial charge in [-0.2, -0.15) is 0 Å². The van der Waals surface area contributed by atoms with Gasteiger partial charge in [0.25, 0.3) is 11.5 Å². The Balaban J connectivity index is 1.65. The maximum Gasteiger partial charge on any atom is 0.255 e. The third-order valence-corrected chi connectivity index (χ3v) is 4.62. The van der Waals surface area contributed by atoms with Gasteiger partial charge in [-0.15, -0.1) is 0 Å². The highest BCUT2D eigenvalue weighted by atomic mass is 16.2. The van der Waals surface area contributed by atoms with Crippen LogP contribution in [0.4, 0.5) is 11.4 Å². The number of aromatic nitrogens is 1. The molecule has 0 radical (unpaired) electrons. The van der Waals surface area contributed by atoms with E-state index in [0.717, 1.165) is 11.3 Å². The quantitative estimate of drug-likeness (QED) is 0.704. The predicted octanol–water partition coefficient (Wildman–Crippen LogP) is 3.23. The van der Waals surface area contributed by atoms with Gasteiger partial charge < -0.3 is 14.8 Å². The van der Waals surface area contributed by atoms with E-state index in [1.807, 2.05) is 49.4 Å². The number of pyridine rings is 1. The minimum atomic E-state index is -0.354. The summed E-state index contributed by atoms with van der Waals surface area (Å²) in [7, 11) is 1.63. The second-order valence-electron chi connectivity index (χ2n) is 6.67. The summed E-state index contributed by atoms with van der Waals surface area (Å²) >= 11 is 0. The summed E-state index contributed by atoms with van der Waals surface area (Å²) in [5, 5.41) is 2.76. The largest absolute Gasteiger partial charge is 0.322 e. The summed E-state index contributed by atoms with van der Waals surface area (Å²) in [5.74, 6) is -0.344. The summed E-state index contributed by atoms with van der Waals surface area (Å²) in [6, 6.07) is 19.6. The molecule has 1 heterocycles. The SMILES string of the molecule is CCN(C(=O)Cc1ccc(NC(=O)c2ccn(C)c(=O)c2)cc1)c1ccccc1. The van der Waals surface area contributed by atoms with Crippen LogP contribution >= 0.6 is 0 Å². The molecule has 0 saturated heterocycles. The molecule has 0 unspecified atom stereocenters. The van der Waals surface area contributed by atoms with Crippen LogP contribution in [-0.4, -0.2) is 22.9 Å². The predicted molar refractivity (Wildman–Crippen MR) is 114 cm³/mol. The van der Waals surface area contributed by atoms with Crippen LogP contribution in [-0.2, 0) is 18.3 Å². The third-order valence-electron chi connectivity index (χ3n) is 4.62. The zero-order valence-corrected chi connectivity index (χ0v) is 16.5. The summed E-state index contributed by atoms with van der Waals surface area (Å²) in [6.45, 7) is 2.54. The van der Waals surface area contributed by atoms with E-state index in [-0.39, 0.29) is 23.8 Å². The lowest BCUT2D eigenvalue weighted by Gasteiger charge is -2.21. The average molecular weight is 389 g/mol. The number of carbonyl (C=O) groups excluding carboxylic acids is 2. The minimum absolute atomic E-state index is 0.00983. The number of anilines is 2. The number of amides is 2. The fraction of sp³-hybridized carbons (Fsp3) is 0.174. The zero-order chi connectivity index (χ0) is 20.8. The van der Waals surface area contributed by atoms with Gasteiger partial charge in [-0.05, 0) is 42.8 Å². The molecule has 0 atom stereocenters. The first-order valence-electron chi connectivity index (χ1n) is 9.40. The Labute approximate surface area is 169 Å². The first-order valence-corrected chi connectivity index (χ1v) is 9.40. The summed E-state index contributed by atoms with van der Waals surface area (Å²) < 4.78 is 1.40. The van der Waals surface area contributed by atoms with Crippen LogP contribution in [0.5, 0.6) is 0 Å². The van der Waals surface area contributed by atoms with Crippen molar-refractivity contribution in [1.29, 1.82) is 0 Å². The van der Waals surface area contributed by atoms with Crippen molar-refractivity contribution in [2.45, 2.75) is 13.3 Å². The van der Waals surface area contributed by atoms with Crippen LogP contribution in [0.15, 0.2) is 77.7 Å². The molecule has 148 valence electrons. The lowest BCUT2D eigenvalue weighted by atomic mass is 10.1. The van der Waals surface area contributed by atoms with Crippen molar-refractivity contribution in [1.82, 2.24) is 4.57 Å². The van der Waals surface area contributed by atoms with Gasteiger partial charge in [0.1, 0.15) is 0 Å². The second-order valence-corrected chi connectivity index (χ2v) is 6.67. The maximum atomic E-state index is 12.7. The van der Waals surface area contributed by atoms with E-state index in [1.54, 1.807) is 36.3 Å². The molecule has 2 aromatic carbocycles. The van der Waals surface area contributed by atoms with E-state index < -0.39 is 0 Å². The van der Waals surface area contributed by atoms with Crippen molar-refractivity contribution >= 4 is 23.2 Å². The molecular weight excluding hydrogens is 366 g/mol. The van der Waals surface area contributed by atoms with E-state index in [4.69, 9.17) is 0 Å². The number of aryl methyl sites for hydroxylation is 1. The van der Waals surface area contributed by atoms with Gasteiger partial charge in [0.15, 0.2) is 0 Å². The Morgan fingerprint density at radius 1 is 1.00 bits per heavy atom. The number of rotatable bonds is 6. The molecule has 0 aliphatic rings. The van der Waals surface area contributed by atoms with E-state index >= 15 is 0 Å². The van der Waals surface area contributed by atoms with E-state index in [9.17, 15) is 14.4 Å². The smallest absolute Gasteiger partial charge is 0.255 e.